The van der Waals surface area contributed by atoms with Gasteiger partial charge in [-0.15, -0.1) is 0 Å². The number of halogens is 1. The van der Waals surface area contributed by atoms with Gasteiger partial charge >= 0.3 is 0 Å². The first-order valence-electron chi connectivity index (χ1n) is 9.13. The molecule has 2 aromatic carbocycles. The molecule has 26 heavy (non-hydrogen) atoms. The average molecular weight is 355 g/mol. The minimum atomic E-state index is -0.337. The fourth-order valence-electron chi connectivity index (χ4n) is 3.26. The van der Waals surface area contributed by atoms with Crippen molar-refractivity contribution in [3.8, 4) is 0 Å². The second kappa shape index (κ2) is 9.27. The third-order valence-corrected chi connectivity index (χ3v) is 4.70. The molecule has 0 bridgehead atoms. The third kappa shape index (κ3) is 5.79. The van der Waals surface area contributed by atoms with Gasteiger partial charge in [0.2, 0.25) is 0 Å². The fraction of sp³-hybridized carbons (Fsp3) is 0.286. The number of hydrogen-bond donors (Lipinski definition) is 3. The lowest BCUT2D eigenvalue weighted by Crippen LogP contribution is -3.28. The summed E-state index contributed by atoms with van der Waals surface area (Å²) in [4.78, 5) is 15.0. The van der Waals surface area contributed by atoms with Crippen LogP contribution in [-0.2, 0) is 4.79 Å². The molecule has 3 N–H and O–H groups in total. The van der Waals surface area contributed by atoms with Gasteiger partial charge in [0, 0.05) is 5.69 Å². The molecule has 1 fully saturated rings. The number of rotatable bonds is 6. The zero-order valence-corrected chi connectivity index (χ0v) is 14.9. The second-order valence-electron chi connectivity index (χ2n) is 6.75. The largest absolute Gasteiger partial charge is 0.322 e. The van der Waals surface area contributed by atoms with Crippen LogP contribution in [0, 0.1) is 5.82 Å². The summed E-state index contributed by atoms with van der Waals surface area (Å²) in [5.41, 5.74) is 1.75. The summed E-state index contributed by atoms with van der Waals surface area (Å²) >= 11 is 0. The second-order valence-corrected chi connectivity index (χ2v) is 6.75. The number of nitrogens with one attached hydrogen (secondary N) is 3. The van der Waals surface area contributed by atoms with Crippen LogP contribution in [0.1, 0.15) is 5.56 Å². The van der Waals surface area contributed by atoms with E-state index in [4.69, 9.17) is 0 Å². The van der Waals surface area contributed by atoms with Crippen LogP contribution in [0.2, 0.25) is 0 Å². The van der Waals surface area contributed by atoms with E-state index < -0.39 is 0 Å². The van der Waals surface area contributed by atoms with Crippen molar-refractivity contribution < 1.29 is 19.0 Å². The van der Waals surface area contributed by atoms with Crippen LogP contribution in [0.4, 0.5) is 10.1 Å². The number of quaternary nitrogens is 2. The van der Waals surface area contributed by atoms with Crippen molar-refractivity contribution in [3.63, 3.8) is 0 Å². The standard InChI is InChI=1S/C21H24FN3O/c22-19-9-4-10-20(16-19)23-21(26)17-25-14-12-24(13-15-25)11-5-8-18-6-2-1-3-7-18/h1-10,16H,11-15,17H2,(H,23,26)/p+2/b8-5+. The monoisotopic (exact) mass is 355 g/mol. The van der Waals surface area contributed by atoms with Crippen molar-refractivity contribution >= 4 is 17.7 Å². The molecule has 1 aliphatic rings. The molecule has 1 amide bonds. The molecule has 0 aliphatic carbocycles. The third-order valence-electron chi connectivity index (χ3n) is 4.70. The Bertz CT molecular complexity index is 740. The van der Waals surface area contributed by atoms with E-state index in [1.807, 2.05) is 18.2 Å². The molecule has 5 heteroatoms. The smallest absolute Gasteiger partial charge is 0.279 e. The molecule has 0 spiro atoms. The normalized spacial score (nSPS) is 20.2. The van der Waals surface area contributed by atoms with E-state index in [9.17, 15) is 9.18 Å². The average Bonchev–Trinajstić information content (AvgIpc) is 2.64. The summed E-state index contributed by atoms with van der Waals surface area (Å²) in [5.74, 6) is -0.394. The molecule has 136 valence electrons. The van der Waals surface area contributed by atoms with Crippen LogP contribution >= 0.6 is 0 Å². The van der Waals surface area contributed by atoms with Crippen molar-refractivity contribution in [3.05, 3.63) is 72.1 Å². The van der Waals surface area contributed by atoms with Crippen LogP contribution in [-0.4, -0.2) is 45.2 Å². The highest BCUT2D eigenvalue weighted by Crippen LogP contribution is 2.08. The Balaban J connectivity index is 1.38. The number of amides is 1. The lowest BCUT2D eigenvalue weighted by molar-refractivity contribution is -1.01. The Kier molecular flexibility index (Phi) is 6.52. The van der Waals surface area contributed by atoms with Gasteiger partial charge in [0.25, 0.3) is 5.91 Å². The Labute approximate surface area is 153 Å². The molecule has 0 unspecified atom stereocenters. The number of carbonyl (C=O) groups is 1. The first kappa shape index (κ1) is 18.3. The fourth-order valence-corrected chi connectivity index (χ4v) is 3.26. The molecule has 0 radical (unpaired) electrons. The molecule has 1 saturated heterocycles. The van der Waals surface area contributed by atoms with Crippen LogP contribution < -0.4 is 15.1 Å². The highest BCUT2D eigenvalue weighted by Gasteiger charge is 2.23. The molecule has 0 saturated carbocycles. The van der Waals surface area contributed by atoms with E-state index in [2.05, 4.69) is 29.6 Å². The molecular weight excluding hydrogens is 329 g/mol. The summed E-state index contributed by atoms with van der Waals surface area (Å²) in [5, 5.41) is 2.78. The molecular formula is C21H26FN3O+2. The van der Waals surface area contributed by atoms with Crippen LogP contribution in [0.3, 0.4) is 0 Å². The van der Waals surface area contributed by atoms with Gasteiger partial charge in [-0.1, -0.05) is 42.5 Å². The van der Waals surface area contributed by atoms with Gasteiger partial charge in [0.15, 0.2) is 6.54 Å². The van der Waals surface area contributed by atoms with E-state index in [0.717, 1.165) is 32.7 Å². The first-order chi connectivity index (χ1) is 12.7. The van der Waals surface area contributed by atoms with Crippen molar-refractivity contribution in [1.29, 1.82) is 0 Å². The lowest BCUT2D eigenvalue weighted by atomic mass is 10.2. The minimum Gasteiger partial charge on any atom is -0.322 e. The van der Waals surface area contributed by atoms with E-state index in [1.54, 1.807) is 17.0 Å². The van der Waals surface area contributed by atoms with Gasteiger partial charge in [0.05, 0.1) is 6.54 Å². The first-order valence-corrected chi connectivity index (χ1v) is 9.13. The molecule has 0 atom stereocenters. The molecule has 3 rings (SSSR count). The zero-order valence-electron chi connectivity index (χ0n) is 14.9. The summed E-state index contributed by atoms with van der Waals surface area (Å²) in [6.45, 7) is 5.51. The maximum absolute atomic E-state index is 13.2. The van der Waals surface area contributed by atoms with Gasteiger partial charge in [-0.2, -0.15) is 0 Å². The minimum absolute atomic E-state index is 0.0574. The Morgan fingerprint density at radius 1 is 1.00 bits per heavy atom. The van der Waals surface area contributed by atoms with E-state index >= 15 is 0 Å². The van der Waals surface area contributed by atoms with Crippen LogP contribution in [0.15, 0.2) is 60.7 Å². The molecule has 2 aromatic rings. The van der Waals surface area contributed by atoms with Gasteiger partial charge in [-0.05, 0) is 29.8 Å². The SMILES string of the molecule is O=C(C[NH+]1CC[NH+](C/C=C/c2ccccc2)CC1)Nc1cccc(F)c1. The maximum Gasteiger partial charge on any atom is 0.279 e. The number of carbonyl (C=O) groups excluding carboxylic acids is 1. The summed E-state index contributed by atoms with van der Waals surface area (Å²) in [6.07, 6.45) is 4.39. The van der Waals surface area contributed by atoms with Crippen molar-refractivity contribution in [2.75, 3.05) is 44.6 Å². The van der Waals surface area contributed by atoms with Crippen molar-refractivity contribution in [1.82, 2.24) is 0 Å². The number of hydrogen-bond acceptors (Lipinski definition) is 1. The van der Waals surface area contributed by atoms with Crippen molar-refractivity contribution in [2.24, 2.45) is 0 Å². The van der Waals surface area contributed by atoms with Crippen molar-refractivity contribution in [2.45, 2.75) is 0 Å². The predicted molar refractivity (Wildman–Crippen MR) is 102 cm³/mol. The summed E-state index contributed by atoms with van der Waals surface area (Å²) in [6, 6.07) is 16.3. The quantitative estimate of drug-likeness (QED) is 0.683. The van der Waals surface area contributed by atoms with E-state index in [0.29, 0.717) is 12.2 Å². The van der Waals surface area contributed by atoms with Gasteiger partial charge in [0.1, 0.15) is 32.0 Å². The zero-order chi connectivity index (χ0) is 18.2. The summed E-state index contributed by atoms with van der Waals surface area (Å²) in [7, 11) is 0. The molecule has 1 heterocycles. The Hall–Kier alpha value is -2.50. The van der Waals surface area contributed by atoms with E-state index in [-0.39, 0.29) is 11.7 Å². The topological polar surface area (TPSA) is 38.0 Å². The van der Waals surface area contributed by atoms with Crippen LogP contribution in [0.25, 0.3) is 6.08 Å². The highest BCUT2D eigenvalue weighted by atomic mass is 19.1. The van der Waals surface area contributed by atoms with E-state index in [1.165, 1.54) is 22.6 Å². The molecule has 0 aromatic heterocycles. The molecule has 4 nitrogen and oxygen atoms in total. The van der Waals surface area contributed by atoms with Gasteiger partial charge in [-0.3, -0.25) is 4.79 Å². The lowest BCUT2D eigenvalue weighted by Gasteiger charge is -2.28. The summed E-state index contributed by atoms with van der Waals surface area (Å²) < 4.78 is 13.2. The Morgan fingerprint density at radius 2 is 1.73 bits per heavy atom. The maximum atomic E-state index is 13.2. The van der Waals surface area contributed by atoms with Gasteiger partial charge < -0.3 is 15.1 Å². The van der Waals surface area contributed by atoms with Gasteiger partial charge in [-0.25, -0.2) is 4.39 Å². The number of benzene rings is 2. The number of piperazine rings is 1. The Morgan fingerprint density at radius 3 is 2.46 bits per heavy atom. The highest BCUT2D eigenvalue weighted by molar-refractivity contribution is 5.91. The van der Waals surface area contributed by atoms with Crippen LogP contribution in [0.5, 0.6) is 0 Å². The molecule has 1 aliphatic heterocycles. The number of anilines is 1. The predicted octanol–water partition coefficient (Wildman–Crippen LogP) is 0.261.